The van der Waals surface area contributed by atoms with Crippen LogP contribution in [0.15, 0.2) is 97.2 Å². The third-order valence-electron chi connectivity index (χ3n) is 18.2. The number of carbonyl (C=O) groups excluding carboxylic acids is 1. The van der Waals surface area contributed by atoms with Crippen LogP contribution in [-0.4, -0.2) is 80.8 Å². The molecule has 8 heteroatoms. The molecule has 0 radical (unpaired) electrons. The Hall–Kier alpha value is -3.01. The molecule has 2 aliphatic heterocycles. The molecule has 0 spiro atoms. The number of likely N-dealkylation sites (tertiary alicyclic amines) is 1. The van der Waals surface area contributed by atoms with E-state index in [-0.39, 0.29) is 24.7 Å². The third kappa shape index (κ3) is 62.9. The van der Waals surface area contributed by atoms with Crippen molar-refractivity contribution in [2.24, 2.45) is 0 Å². The van der Waals surface area contributed by atoms with Crippen LogP contribution in [-0.2, 0) is 23.7 Å². The Balaban J connectivity index is 0.000000960. The molecule has 0 aromatic rings. The van der Waals surface area contributed by atoms with Crippen LogP contribution < -0.4 is 5.32 Å². The minimum atomic E-state index is -0.510. The highest BCUT2D eigenvalue weighted by Gasteiger charge is 2.38. The number of ether oxygens (including phenoxy) is 5. The van der Waals surface area contributed by atoms with Crippen LogP contribution in [0.2, 0.25) is 0 Å². The van der Waals surface area contributed by atoms with E-state index in [0.717, 1.165) is 84.0 Å². The third-order valence-corrected chi connectivity index (χ3v) is 18.2. The second-order valence-corrected chi connectivity index (χ2v) is 28.6. The smallest absolute Gasteiger partial charge is 0.410 e. The number of nitrogens with one attached hydrogen (secondary N) is 1. The zero-order valence-corrected chi connectivity index (χ0v) is 64.0. The molecule has 2 rings (SSSR count). The van der Waals surface area contributed by atoms with E-state index in [1.165, 1.54) is 270 Å². The number of amides is 1. The molecule has 1 amide bonds. The van der Waals surface area contributed by atoms with Crippen LogP contribution in [0.4, 0.5) is 4.79 Å². The molecule has 8 nitrogen and oxygen atoms in total. The molecule has 1 N–H and O–H groups in total. The second-order valence-electron chi connectivity index (χ2n) is 28.6. The van der Waals surface area contributed by atoms with E-state index in [1.54, 1.807) is 0 Å². The number of nitrogens with zero attached hydrogens (tertiary/aromatic N) is 1. The Morgan fingerprint density at radius 2 is 0.632 bits per heavy atom. The zero-order chi connectivity index (χ0) is 68.5. The monoisotopic (exact) mass is 1330 g/mol. The van der Waals surface area contributed by atoms with Crippen molar-refractivity contribution in [3.05, 3.63) is 97.2 Å². The molecule has 0 aliphatic carbocycles. The molecule has 0 aromatic carbocycles. The first-order valence-corrected chi connectivity index (χ1v) is 41.2. The molecule has 95 heavy (non-hydrogen) atoms. The first-order chi connectivity index (χ1) is 46.8. The van der Waals surface area contributed by atoms with E-state index in [9.17, 15) is 4.79 Å². The minimum absolute atomic E-state index is 0.0616. The molecule has 2 saturated heterocycles. The minimum Gasteiger partial charge on any atom is -0.444 e. The lowest BCUT2D eigenvalue weighted by Gasteiger charge is -2.33. The highest BCUT2D eigenvalue weighted by molar-refractivity contribution is 5.69. The summed E-state index contributed by atoms with van der Waals surface area (Å²) in [7, 11) is 0. The Morgan fingerprint density at radius 1 is 0.358 bits per heavy atom. The van der Waals surface area contributed by atoms with Gasteiger partial charge in [0.1, 0.15) is 5.60 Å². The van der Waals surface area contributed by atoms with E-state index < -0.39 is 5.60 Å². The summed E-state index contributed by atoms with van der Waals surface area (Å²) in [5.41, 5.74) is -0.510. The molecule has 2 fully saturated rings. The van der Waals surface area contributed by atoms with Crippen molar-refractivity contribution in [1.82, 2.24) is 10.2 Å². The van der Waals surface area contributed by atoms with Gasteiger partial charge in [0.2, 0.25) is 0 Å². The lowest BCUT2D eigenvalue weighted by Crippen LogP contribution is -2.47. The standard InChI is InChI=1S/C46H83NO4.C41H75NO2/c1-6-8-10-12-14-16-18-20-22-24-26-28-30-32-34-36-41-49-44(43-39-38-40-47(43)45(48)51-46(3,4)5)50-42-37-35-33-31-29-27-25-23-21-19-17-15-13-11-9-7-2;1-3-5-7-9-11-13-15-17-19-21-23-25-27-29-31-33-38-43-41(40-36-35-37-42-40)44-39-34-32-30-28-26-24-22-20-18-16-14-12-10-8-6-4-2/h14-17,20-23,43-44H,6-13,18-19,24-42H2,1-5H3;11-14,17-20,40-42H,3-10,15-16,21-39H2,1-2H3/b16-14-,17-15-,22-20-,23-21-;13-11-,14-12-,19-17-,20-18-/t43-;40-/m11/s1. The Bertz CT molecular complexity index is 1740. The molecule has 2 aliphatic rings. The Labute approximate surface area is 591 Å². The van der Waals surface area contributed by atoms with Crippen molar-refractivity contribution < 1.29 is 28.5 Å². The summed E-state index contributed by atoms with van der Waals surface area (Å²) < 4.78 is 31.0. The first-order valence-electron chi connectivity index (χ1n) is 41.2. The van der Waals surface area contributed by atoms with Crippen molar-refractivity contribution >= 4 is 6.09 Å². The van der Waals surface area contributed by atoms with Gasteiger partial charge in [-0.15, -0.1) is 0 Å². The number of allylic oxidation sites excluding steroid dienone is 16. The summed E-state index contributed by atoms with van der Waals surface area (Å²) >= 11 is 0. The van der Waals surface area contributed by atoms with Gasteiger partial charge in [-0.1, -0.05) is 279 Å². The van der Waals surface area contributed by atoms with E-state index >= 15 is 0 Å². The number of carbonyl (C=O) groups is 1. The topological polar surface area (TPSA) is 78.5 Å². The van der Waals surface area contributed by atoms with Gasteiger partial charge in [-0.2, -0.15) is 0 Å². The normalized spacial score (nSPS) is 15.8. The summed E-state index contributed by atoms with van der Waals surface area (Å²) in [5, 5.41) is 3.60. The van der Waals surface area contributed by atoms with Gasteiger partial charge >= 0.3 is 6.09 Å². The highest BCUT2D eigenvalue weighted by atomic mass is 16.7. The van der Waals surface area contributed by atoms with Gasteiger partial charge in [0.05, 0.1) is 12.1 Å². The van der Waals surface area contributed by atoms with E-state index in [2.05, 4.69) is 130 Å². The second kappa shape index (κ2) is 72.2. The first kappa shape index (κ1) is 90.0. The fourth-order valence-corrected chi connectivity index (χ4v) is 12.3. The predicted octanol–water partition coefficient (Wildman–Crippen LogP) is 27.1. The van der Waals surface area contributed by atoms with Crippen LogP contribution in [0, 0.1) is 0 Å². The van der Waals surface area contributed by atoms with Gasteiger partial charge < -0.3 is 33.9 Å². The summed E-state index contributed by atoms with van der Waals surface area (Å²) in [5.74, 6) is 0. The van der Waals surface area contributed by atoms with Crippen LogP contribution >= 0.6 is 0 Å². The largest absolute Gasteiger partial charge is 0.444 e. The molecule has 0 unspecified atom stereocenters. The van der Waals surface area contributed by atoms with Crippen molar-refractivity contribution in [2.45, 2.75) is 413 Å². The van der Waals surface area contributed by atoms with Gasteiger partial charge in [-0.25, -0.2) is 4.79 Å². The molecular weight excluding hydrogens is 1170 g/mol. The van der Waals surface area contributed by atoms with E-state index in [4.69, 9.17) is 23.7 Å². The quantitative estimate of drug-likeness (QED) is 0.0369. The summed E-state index contributed by atoms with van der Waals surface area (Å²) in [6.07, 6.45) is 101. The zero-order valence-electron chi connectivity index (χ0n) is 64.0. The molecule has 0 aromatic heterocycles. The summed E-state index contributed by atoms with van der Waals surface area (Å²) in [6.45, 7) is 19.7. The van der Waals surface area contributed by atoms with Gasteiger partial charge in [-0.3, -0.25) is 0 Å². The van der Waals surface area contributed by atoms with Crippen molar-refractivity contribution in [3.63, 3.8) is 0 Å². The number of hydrogen-bond donors (Lipinski definition) is 1. The van der Waals surface area contributed by atoms with E-state index in [1.807, 2.05) is 25.7 Å². The van der Waals surface area contributed by atoms with Gasteiger partial charge in [0.15, 0.2) is 12.6 Å². The molecule has 0 saturated carbocycles. The fraction of sp³-hybridized carbons (Fsp3) is 0.805. The number of rotatable bonds is 66. The van der Waals surface area contributed by atoms with Crippen molar-refractivity contribution in [3.8, 4) is 0 Å². The summed E-state index contributed by atoms with van der Waals surface area (Å²) in [6, 6.07) is 0.304. The molecule has 2 heterocycles. The van der Waals surface area contributed by atoms with Crippen molar-refractivity contribution in [2.75, 3.05) is 39.5 Å². The van der Waals surface area contributed by atoms with Gasteiger partial charge in [0, 0.05) is 33.0 Å². The molecule has 552 valence electrons. The van der Waals surface area contributed by atoms with Crippen LogP contribution in [0.3, 0.4) is 0 Å². The molecular formula is C87H158N2O6. The highest BCUT2D eigenvalue weighted by Crippen LogP contribution is 2.27. The Morgan fingerprint density at radius 3 is 0.905 bits per heavy atom. The summed E-state index contributed by atoms with van der Waals surface area (Å²) in [4.78, 5) is 14.9. The van der Waals surface area contributed by atoms with Gasteiger partial charge in [0.25, 0.3) is 0 Å². The maximum Gasteiger partial charge on any atom is 0.410 e. The van der Waals surface area contributed by atoms with Crippen LogP contribution in [0.5, 0.6) is 0 Å². The lowest BCUT2D eigenvalue weighted by molar-refractivity contribution is -0.173. The van der Waals surface area contributed by atoms with Crippen LogP contribution in [0.25, 0.3) is 0 Å². The fourth-order valence-electron chi connectivity index (χ4n) is 12.3. The lowest BCUT2D eigenvalue weighted by atomic mass is 10.1. The maximum atomic E-state index is 13.0. The van der Waals surface area contributed by atoms with Crippen molar-refractivity contribution in [1.29, 1.82) is 0 Å². The molecule has 2 atom stereocenters. The average molecular weight is 1330 g/mol. The Kier molecular flexibility index (Phi) is 68.4. The number of unbranched alkanes of at least 4 members (excludes halogenated alkanes) is 36. The SMILES string of the molecule is CCCCC/C=C\C/C=C\CCCCCCCCOC(OCCCCCCCC/C=C\C/C=C\CCCCC)[C@H]1CCCN1.CCCCC/C=C\C/C=C\CCCCCCCCOC(OCCCCCCCC/C=C\C/C=C\CCCCC)[C@H]1CCCN1C(=O)OC(C)(C)C. The predicted molar refractivity (Wildman–Crippen MR) is 416 cm³/mol. The average Bonchev–Trinajstić information content (AvgIpc) is 1.78. The van der Waals surface area contributed by atoms with Gasteiger partial charge in [-0.05, 0) is 207 Å². The number of hydrogen-bond acceptors (Lipinski definition) is 7. The maximum absolute atomic E-state index is 13.0. The van der Waals surface area contributed by atoms with E-state index in [0.29, 0.717) is 25.8 Å². The van der Waals surface area contributed by atoms with Crippen LogP contribution in [0.1, 0.15) is 382 Å². The molecule has 0 bridgehead atoms.